The van der Waals surface area contributed by atoms with Gasteiger partial charge in [0.2, 0.25) is 6.79 Å². The van der Waals surface area contributed by atoms with E-state index in [1.165, 1.54) is 0 Å². The second kappa shape index (κ2) is 6.97. The molecular formula is C19H21NO6. The molecule has 7 heteroatoms. The van der Waals surface area contributed by atoms with Gasteiger partial charge in [0.05, 0.1) is 5.92 Å². The highest BCUT2D eigenvalue weighted by Gasteiger charge is 2.41. The first-order valence-corrected chi connectivity index (χ1v) is 9.00. The Hall–Kier alpha value is -2.57. The van der Waals surface area contributed by atoms with E-state index < -0.39 is 5.91 Å². The van der Waals surface area contributed by atoms with Gasteiger partial charge < -0.3 is 19.5 Å². The second-order valence-electron chi connectivity index (χ2n) is 7.12. The Kier molecular flexibility index (Phi) is 4.53. The van der Waals surface area contributed by atoms with Crippen molar-refractivity contribution in [1.82, 2.24) is 0 Å². The van der Waals surface area contributed by atoms with E-state index in [9.17, 15) is 14.4 Å². The van der Waals surface area contributed by atoms with Crippen molar-refractivity contribution in [3.8, 4) is 11.5 Å². The highest BCUT2D eigenvalue weighted by atomic mass is 16.7. The zero-order valence-electron chi connectivity index (χ0n) is 14.4. The molecule has 1 aliphatic heterocycles. The molecule has 1 amide bonds. The highest BCUT2D eigenvalue weighted by Crippen LogP contribution is 2.40. The number of esters is 1. The van der Waals surface area contributed by atoms with E-state index in [2.05, 4.69) is 5.32 Å². The Bertz CT molecular complexity index is 730. The molecule has 2 bridgehead atoms. The van der Waals surface area contributed by atoms with Gasteiger partial charge in [-0.05, 0) is 37.8 Å². The number of rotatable bonds is 4. The van der Waals surface area contributed by atoms with Gasteiger partial charge in [-0.3, -0.25) is 14.4 Å². The Morgan fingerprint density at radius 1 is 1.12 bits per heavy atom. The van der Waals surface area contributed by atoms with Crippen LogP contribution in [0.2, 0.25) is 0 Å². The van der Waals surface area contributed by atoms with Crippen molar-refractivity contribution in [3.05, 3.63) is 18.2 Å². The molecule has 4 rings (SSSR count). The minimum atomic E-state index is -0.413. The number of ether oxygens (including phenoxy) is 3. The van der Waals surface area contributed by atoms with Crippen molar-refractivity contribution in [2.24, 2.45) is 17.8 Å². The number of Topliss-reactive ketones (excluding diaryl/α,β-unsaturated/α-hetero) is 1. The standard InChI is InChI=1S/C19H21NO6/c21-17(20-14-4-5-15-16(8-14)26-10-25-15)9-24-19(23)13-6-11-2-1-3-12(7-13)18(11)22/h4-5,8,11-13H,1-3,6-7,9-10H2,(H,20,21). The molecule has 0 saturated heterocycles. The zero-order chi connectivity index (χ0) is 18.1. The summed E-state index contributed by atoms with van der Waals surface area (Å²) in [6.07, 6.45) is 3.89. The fourth-order valence-corrected chi connectivity index (χ4v) is 4.10. The monoisotopic (exact) mass is 359 g/mol. The van der Waals surface area contributed by atoms with E-state index in [1.807, 2.05) is 0 Å². The molecule has 1 N–H and O–H groups in total. The molecule has 26 heavy (non-hydrogen) atoms. The third-order valence-corrected chi connectivity index (χ3v) is 5.38. The first kappa shape index (κ1) is 16.9. The topological polar surface area (TPSA) is 90.9 Å². The van der Waals surface area contributed by atoms with Crippen molar-refractivity contribution in [3.63, 3.8) is 0 Å². The van der Waals surface area contributed by atoms with Crippen LogP contribution < -0.4 is 14.8 Å². The molecule has 1 aromatic rings. The Morgan fingerprint density at radius 2 is 1.85 bits per heavy atom. The molecule has 138 valence electrons. The van der Waals surface area contributed by atoms with Crippen LogP contribution in [0.3, 0.4) is 0 Å². The maximum atomic E-state index is 12.3. The molecule has 2 saturated carbocycles. The van der Waals surface area contributed by atoms with Crippen LogP contribution in [0.25, 0.3) is 0 Å². The minimum absolute atomic E-state index is 0.0116. The summed E-state index contributed by atoms with van der Waals surface area (Å²) < 4.78 is 15.7. The Balaban J connectivity index is 1.28. The van der Waals surface area contributed by atoms with Gasteiger partial charge in [0.25, 0.3) is 5.91 Å². The number of nitrogens with one attached hydrogen (secondary N) is 1. The molecule has 0 spiro atoms. The third kappa shape index (κ3) is 3.38. The minimum Gasteiger partial charge on any atom is -0.455 e. The Morgan fingerprint density at radius 3 is 2.62 bits per heavy atom. The van der Waals surface area contributed by atoms with Gasteiger partial charge in [0.1, 0.15) is 5.78 Å². The molecule has 2 atom stereocenters. The van der Waals surface area contributed by atoms with Crippen LogP contribution in [-0.2, 0) is 19.1 Å². The van der Waals surface area contributed by atoms with E-state index in [1.54, 1.807) is 18.2 Å². The second-order valence-corrected chi connectivity index (χ2v) is 7.12. The van der Waals surface area contributed by atoms with Crippen LogP contribution >= 0.6 is 0 Å². The van der Waals surface area contributed by atoms with Crippen LogP contribution in [0.15, 0.2) is 18.2 Å². The van der Waals surface area contributed by atoms with Gasteiger partial charge >= 0.3 is 5.97 Å². The fourth-order valence-electron chi connectivity index (χ4n) is 4.10. The molecule has 3 aliphatic rings. The van der Waals surface area contributed by atoms with Gasteiger partial charge in [-0.25, -0.2) is 0 Å². The number of carbonyl (C=O) groups excluding carboxylic acids is 3. The van der Waals surface area contributed by atoms with Crippen LogP contribution in [0.4, 0.5) is 5.69 Å². The maximum absolute atomic E-state index is 12.3. The number of ketones is 1. The van der Waals surface area contributed by atoms with Crippen LogP contribution in [-0.4, -0.2) is 31.1 Å². The van der Waals surface area contributed by atoms with E-state index in [4.69, 9.17) is 14.2 Å². The maximum Gasteiger partial charge on any atom is 0.309 e. The molecule has 2 unspecified atom stereocenters. The number of amides is 1. The summed E-state index contributed by atoms with van der Waals surface area (Å²) in [7, 11) is 0. The number of benzene rings is 1. The normalized spacial score (nSPS) is 26.3. The van der Waals surface area contributed by atoms with Crippen molar-refractivity contribution >= 4 is 23.3 Å². The first-order valence-electron chi connectivity index (χ1n) is 9.00. The summed E-state index contributed by atoms with van der Waals surface area (Å²) in [6.45, 7) is -0.177. The summed E-state index contributed by atoms with van der Waals surface area (Å²) in [4.78, 5) is 36.4. The molecule has 0 aromatic heterocycles. The molecule has 1 heterocycles. The van der Waals surface area contributed by atoms with Crippen molar-refractivity contribution in [1.29, 1.82) is 0 Å². The summed E-state index contributed by atoms with van der Waals surface area (Å²) >= 11 is 0. The largest absolute Gasteiger partial charge is 0.455 e. The smallest absolute Gasteiger partial charge is 0.309 e. The third-order valence-electron chi connectivity index (χ3n) is 5.38. The zero-order valence-corrected chi connectivity index (χ0v) is 14.4. The van der Waals surface area contributed by atoms with Gasteiger partial charge in [-0.15, -0.1) is 0 Å². The van der Waals surface area contributed by atoms with Crippen molar-refractivity contribution < 1.29 is 28.6 Å². The molecule has 7 nitrogen and oxygen atoms in total. The molecule has 2 fully saturated rings. The summed E-state index contributed by atoms with van der Waals surface area (Å²) in [6, 6.07) is 5.07. The summed E-state index contributed by atoms with van der Waals surface area (Å²) in [5, 5.41) is 2.67. The van der Waals surface area contributed by atoms with Crippen LogP contribution in [0, 0.1) is 17.8 Å². The van der Waals surface area contributed by atoms with Gasteiger partial charge in [0, 0.05) is 23.6 Å². The lowest BCUT2D eigenvalue weighted by Gasteiger charge is -2.36. The summed E-state index contributed by atoms with van der Waals surface area (Å²) in [5.41, 5.74) is 0.549. The molecular weight excluding hydrogens is 338 g/mol. The number of hydrogen-bond acceptors (Lipinski definition) is 6. The predicted molar refractivity (Wildman–Crippen MR) is 90.7 cm³/mol. The van der Waals surface area contributed by atoms with E-state index in [0.29, 0.717) is 35.8 Å². The van der Waals surface area contributed by atoms with E-state index >= 15 is 0 Å². The summed E-state index contributed by atoms with van der Waals surface area (Å²) in [5.74, 6) is 0.414. The number of anilines is 1. The van der Waals surface area contributed by atoms with Crippen molar-refractivity contribution in [2.45, 2.75) is 32.1 Å². The predicted octanol–water partition coefficient (Wildman–Crippen LogP) is 2.29. The van der Waals surface area contributed by atoms with Gasteiger partial charge in [-0.1, -0.05) is 6.42 Å². The number of hydrogen-bond donors (Lipinski definition) is 1. The lowest BCUT2D eigenvalue weighted by molar-refractivity contribution is -0.155. The highest BCUT2D eigenvalue weighted by molar-refractivity contribution is 5.93. The Labute approximate surface area is 151 Å². The average molecular weight is 359 g/mol. The molecule has 0 radical (unpaired) electrons. The van der Waals surface area contributed by atoms with Crippen LogP contribution in [0.1, 0.15) is 32.1 Å². The molecule has 1 aromatic carbocycles. The van der Waals surface area contributed by atoms with Gasteiger partial charge in [0.15, 0.2) is 18.1 Å². The number of carbonyl (C=O) groups is 3. The lowest BCUT2D eigenvalue weighted by atomic mass is 9.67. The first-order chi connectivity index (χ1) is 12.6. The van der Waals surface area contributed by atoms with Crippen molar-refractivity contribution in [2.75, 3.05) is 18.7 Å². The lowest BCUT2D eigenvalue weighted by Crippen LogP contribution is -2.40. The quantitative estimate of drug-likeness (QED) is 0.830. The number of fused-ring (bicyclic) bond motifs is 3. The average Bonchev–Trinajstić information content (AvgIpc) is 3.07. The van der Waals surface area contributed by atoms with E-state index in [-0.39, 0.29) is 37.1 Å². The van der Waals surface area contributed by atoms with Crippen LogP contribution in [0.5, 0.6) is 11.5 Å². The molecule has 2 aliphatic carbocycles. The fraction of sp³-hybridized carbons (Fsp3) is 0.526. The van der Waals surface area contributed by atoms with Gasteiger partial charge in [-0.2, -0.15) is 0 Å². The SMILES string of the molecule is O=C(COC(=O)C1CC2CCCC(C1)C2=O)Nc1ccc2c(c1)OCO2. The van der Waals surface area contributed by atoms with E-state index in [0.717, 1.165) is 19.3 Å².